The van der Waals surface area contributed by atoms with Gasteiger partial charge in [-0.3, -0.25) is 14.4 Å². The third kappa shape index (κ3) is 6.26. The fourth-order valence-electron chi connectivity index (χ4n) is 2.46. The summed E-state index contributed by atoms with van der Waals surface area (Å²) in [4.78, 5) is 36.8. The van der Waals surface area contributed by atoms with E-state index in [1.807, 2.05) is 6.26 Å². The normalized spacial score (nSPS) is 11.6. The summed E-state index contributed by atoms with van der Waals surface area (Å²) in [6.07, 6.45) is 2.36. The fourth-order valence-corrected chi connectivity index (χ4v) is 3.43. The molecule has 0 saturated carbocycles. The van der Waals surface area contributed by atoms with E-state index in [2.05, 4.69) is 10.6 Å². The van der Waals surface area contributed by atoms with Gasteiger partial charge in [-0.05, 0) is 55.7 Å². The van der Waals surface area contributed by atoms with E-state index >= 15 is 0 Å². The monoisotopic (exact) mass is 438 g/mol. The number of anilines is 1. The highest BCUT2D eigenvalue weighted by molar-refractivity contribution is 7.98. The van der Waals surface area contributed by atoms with Crippen LogP contribution >= 0.6 is 35.0 Å². The molecule has 2 amide bonds. The SMILES string of the molecule is CSCC[C@@H](NC(=O)c1ccc(Cl)cc1Cl)C(=O)Nc1cccc(C(C)=O)c1. The highest BCUT2D eigenvalue weighted by Crippen LogP contribution is 2.21. The number of ketones is 1. The van der Waals surface area contributed by atoms with E-state index in [-0.39, 0.29) is 22.3 Å². The lowest BCUT2D eigenvalue weighted by molar-refractivity contribution is -0.118. The maximum atomic E-state index is 12.7. The van der Waals surface area contributed by atoms with Gasteiger partial charge in [0.2, 0.25) is 5.91 Å². The molecule has 28 heavy (non-hydrogen) atoms. The molecule has 0 aliphatic heterocycles. The van der Waals surface area contributed by atoms with Crippen LogP contribution in [0.2, 0.25) is 10.0 Å². The molecule has 2 rings (SSSR count). The number of nitrogens with one attached hydrogen (secondary N) is 2. The Labute approximate surface area is 178 Å². The van der Waals surface area contributed by atoms with Crippen LogP contribution in [0.4, 0.5) is 5.69 Å². The Morgan fingerprint density at radius 1 is 1.11 bits per heavy atom. The predicted molar refractivity (Wildman–Crippen MR) is 116 cm³/mol. The van der Waals surface area contributed by atoms with Gasteiger partial charge in [0.15, 0.2) is 5.78 Å². The maximum absolute atomic E-state index is 12.7. The number of Topliss-reactive ketones (excluding diaryl/α,β-unsaturated/α-hetero) is 1. The van der Waals surface area contributed by atoms with E-state index in [0.717, 1.165) is 0 Å². The van der Waals surface area contributed by atoms with Gasteiger partial charge in [0.1, 0.15) is 6.04 Å². The van der Waals surface area contributed by atoms with Crippen molar-refractivity contribution in [2.24, 2.45) is 0 Å². The number of rotatable bonds is 8. The van der Waals surface area contributed by atoms with E-state index in [9.17, 15) is 14.4 Å². The molecule has 2 aromatic rings. The molecule has 0 radical (unpaired) electrons. The third-order valence-corrected chi connectivity index (χ3v) is 5.14. The van der Waals surface area contributed by atoms with E-state index in [1.165, 1.54) is 19.1 Å². The zero-order valence-corrected chi connectivity index (χ0v) is 17.8. The number of hydrogen-bond acceptors (Lipinski definition) is 4. The molecule has 5 nitrogen and oxygen atoms in total. The maximum Gasteiger partial charge on any atom is 0.253 e. The molecule has 0 spiro atoms. The zero-order valence-electron chi connectivity index (χ0n) is 15.4. The van der Waals surface area contributed by atoms with Gasteiger partial charge < -0.3 is 10.6 Å². The van der Waals surface area contributed by atoms with Crippen LogP contribution in [0.25, 0.3) is 0 Å². The van der Waals surface area contributed by atoms with Crippen LogP contribution in [-0.2, 0) is 4.79 Å². The molecule has 8 heteroatoms. The molecule has 2 aromatic carbocycles. The second-order valence-electron chi connectivity index (χ2n) is 6.06. The standard InChI is InChI=1S/C20H20Cl2N2O3S/c1-12(25)13-4-3-5-15(10-13)23-20(27)18(8-9-28-2)24-19(26)16-7-6-14(21)11-17(16)22/h3-7,10-11,18H,8-9H2,1-2H3,(H,23,27)(H,24,26)/t18-/m1/s1. The minimum atomic E-state index is -0.757. The van der Waals surface area contributed by atoms with Crippen molar-refractivity contribution in [2.45, 2.75) is 19.4 Å². The minimum Gasteiger partial charge on any atom is -0.340 e. The highest BCUT2D eigenvalue weighted by atomic mass is 35.5. The van der Waals surface area contributed by atoms with Crippen LogP contribution in [0.1, 0.15) is 34.1 Å². The van der Waals surface area contributed by atoms with Crippen molar-refractivity contribution in [1.82, 2.24) is 5.32 Å². The lowest BCUT2D eigenvalue weighted by atomic mass is 10.1. The first-order valence-electron chi connectivity index (χ1n) is 8.48. The third-order valence-electron chi connectivity index (χ3n) is 3.94. The van der Waals surface area contributed by atoms with E-state index in [1.54, 1.807) is 42.1 Å². The van der Waals surface area contributed by atoms with Gasteiger partial charge in [0.05, 0.1) is 10.6 Å². The number of halogens is 2. The number of thioether (sulfide) groups is 1. The first-order chi connectivity index (χ1) is 13.3. The number of amides is 2. The summed E-state index contributed by atoms with van der Waals surface area (Å²) in [6.45, 7) is 1.46. The molecular formula is C20H20Cl2N2O3S. The Morgan fingerprint density at radius 2 is 1.86 bits per heavy atom. The number of benzene rings is 2. The van der Waals surface area contributed by atoms with Crippen molar-refractivity contribution in [1.29, 1.82) is 0 Å². The van der Waals surface area contributed by atoms with E-state index in [0.29, 0.717) is 28.4 Å². The molecule has 0 saturated heterocycles. The summed E-state index contributed by atoms with van der Waals surface area (Å²) in [7, 11) is 0. The summed E-state index contributed by atoms with van der Waals surface area (Å²) in [5.74, 6) is -0.241. The van der Waals surface area contributed by atoms with E-state index < -0.39 is 11.9 Å². The summed E-state index contributed by atoms with van der Waals surface area (Å²) in [5, 5.41) is 6.12. The summed E-state index contributed by atoms with van der Waals surface area (Å²) >= 11 is 13.5. The van der Waals surface area contributed by atoms with Crippen LogP contribution < -0.4 is 10.6 Å². The van der Waals surface area contributed by atoms with Crippen molar-refractivity contribution in [3.8, 4) is 0 Å². The highest BCUT2D eigenvalue weighted by Gasteiger charge is 2.22. The van der Waals surface area contributed by atoms with Crippen LogP contribution in [0, 0.1) is 0 Å². The Bertz CT molecular complexity index is 890. The van der Waals surface area contributed by atoms with Crippen molar-refractivity contribution >= 4 is 58.2 Å². The Balaban J connectivity index is 2.15. The van der Waals surface area contributed by atoms with Crippen LogP contribution in [0.5, 0.6) is 0 Å². The first kappa shape index (κ1) is 22.3. The molecule has 0 unspecified atom stereocenters. The number of carbonyl (C=O) groups excluding carboxylic acids is 3. The molecule has 2 N–H and O–H groups in total. The molecular weight excluding hydrogens is 419 g/mol. The molecule has 1 atom stereocenters. The van der Waals surface area contributed by atoms with Crippen molar-refractivity contribution in [2.75, 3.05) is 17.3 Å². The topological polar surface area (TPSA) is 75.3 Å². The molecule has 0 aliphatic carbocycles. The zero-order chi connectivity index (χ0) is 20.7. The summed E-state index contributed by atoms with van der Waals surface area (Å²) in [5.41, 5.74) is 1.23. The molecule has 0 aromatic heterocycles. The second kappa shape index (κ2) is 10.5. The molecule has 0 fully saturated rings. The molecule has 0 aliphatic rings. The van der Waals surface area contributed by atoms with Gasteiger partial charge in [0.25, 0.3) is 5.91 Å². The molecule has 0 bridgehead atoms. The Morgan fingerprint density at radius 3 is 2.50 bits per heavy atom. The van der Waals surface area contributed by atoms with E-state index in [4.69, 9.17) is 23.2 Å². The van der Waals surface area contributed by atoms with Crippen molar-refractivity contribution in [3.05, 3.63) is 63.6 Å². The fraction of sp³-hybridized carbons (Fsp3) is 0.250. The van der Waals surface area contributed by atoms with Crippen LogP contribution in [-0.4, -0.2) is 35.6 Å². The van der Waals surface area contributed by atoms with Crippen molar-refractivity contribution in [3.63, 3.8) is 0 Å². The Hall–Kier alpha value is -2.02. The van der Waals surface area contributed by atoms with Gasteiger partial charge in [-0.1, -0.05) is 35.3 Å². The van der Waals surface area contributed by atoms with Gasteiger partial charge in [-0.2, -0.15) is 11.8 Å². The molecule has 0 heterocycles. The van der Waals surface area contributed by atoms with Crippen LogP contribution in [0.3, 0.4) is 0 Å². The minimum absolute atomic E-state index is 0.0966. The van der Waals surface area contributed by atoms with Gasteiger partial charge in [0, 0.05) is 16.3 Å². The Kier molecular flexibility index (Phi) is 8.35. The number of carbonyl (C=O) groups is 3. The summed E-state index contributed by atoms with van der Waals surface area (Å²) in [6, 6.07) is 10.4. The second-order valence-corrected chi connectivity index (χ2v) is 7.89. The van der Waals surface area contributed by atoms with Gasteiger partial charge >= 0.3 is 0 Å². The first-order valence-corrected chi connectivity index (χ1v) is 10.6. The lowest BCUT2D eigenvalue weighted by Gasteiger charge is -2.19. The molecule has 148 valence electrons. The van der Waals surface area contributed by atoms with Gasteiger partial charge in [-0.25, -0.2) is 0 Å². The van der Waals surface area contributed by atoms with Crippen LogP contribution in [0.15, 0.2) is 42.5 Å². The quantitative estimate of drug-likeness (QED) is 0.586. The lowest BCUT2D eigenvalue weighted by Crippen LogP contribution is -2.44. The average Bonchev–Trinajstić information content (AvgIpc) is 2.65. The average molecular weight is 439 g/mol. The van der Waals surface area contributed by atoms with Crippen molar-refractivity contribution < 1.29 is 14.4 Å². The predicted octanol–water partition coefficient (Wildman–Crippen LogP) is 4.69. The summed E-state index contributed by atoms with van der Waals surface area (Å²) < 4.78 is 0. The van der Waals surface area contributed by atoms with Gasteiger partial charge in [-0.15, -0.1) is 0 Å². The smallest absolute Gasteiger partial charge is 0.253 e. The number of hydrogen-bond donors (Lipinski definition) is 2. The largest absolute Gasteiger partial charge is 0.340 e.